The third-order valence-corrected chi connectivity index (χ3v) is 6.78. The van der Waals surface area contributed by atoms with Crippen LogP contribution in [0, 0.1) is 0 Å². The van der Waals surface area contributed by atoms with Crippen LogP contribution in [0.5, 0.6) is 0 Å². The number of thiazole rings is 1. The standard InChI is InChI=1S/C23H24ClN3O2S/c1-15-12-26(23-25-20-11-19(24)7-8-21(20)30-23)13-16(2)27(15)14-18-5-3-4-17(10-18)6-9-22(28)29/h3-11,15-16H,12-14H2,1-2H3,(H,28,29)/b9-6+/t15-,16+. The van der Waals surface area contributed by atoms with Crippen LogP contribution >= 0.6 is 22.9 Å². The third-order valence-electron chi connectivity index (χ3n) is 5.44. The molecule has 30 heavy (non-hydrogen) atoms. The molecule has 0 radical (unpaired) electrons. The molecular weight excluding hydrogens is 418 g/mol. The Hall–Kier alpha value is -2.41. The molecule has 2 atom stereocenters. The van der Waals surface area contributed by atoms with E-state index < -0.39 is 5.97 Å². The van der Waals surface area contributed by atoms with Crippen LogP contribution in [0.15, 0.2) is 48.5 Å². The highest BCUT2D eigenvalue weighted by molar-refractivity contribution is 7.22. The SMILES string of the molecule is C[C@@H]1CN(c2nc3cc(Cl)ccc3s2)C[C@H](C)N1Cc1cccc(/C=C/C(=O)O)c1. The van der Waals surface area contributed by atoms with Gasteiger partial charge < -0.3 is 10.0 Å². The second-order valence-electron chi connectivity index (χ2n) is 7.80. The van der Waals surface area contributed by atoms with Crippen molar-refractivity contribution in [2.75, 3.05) is 18.0 Å². The van der Waals surface area contributed by atoms with Crippen molar-refractivity contribution in [3.63, 3.8) is 0 Å². The van der Waals surface area contributed by atoms with Crippen LogP contribution in [0.25, 0.3) is 16.3 Å². The van der Waals surface area contributed by atoms with E-state index in [1.165, 1.54) is 11.6 Å². The average molecular weight is 442 g/mol. The Balaban J connectivity index is 1.47. The van der Waals surface area contributed by atoms with E-state index in [-0.39, 0.29) is 0 Å². The minimum Gasteiger partial charge on any atom is -0.478 e. The van der Waals surface area contributed by atoms with Crippen LogP contribution in [-0.2, 0) is 11.3 Å². The fourth-order valence-corrected chi connectivity index (χ4v) is 5.15. The van der Waals surface area contributed by atoms with E-state index in [4.69, 9.17) is 21.7 Å². The second kappa shape index (κ2) is 8.76. The maximum absolute atomic E-state index is 10.8. The lowest BCUT2D eigenvalue weighted by Crippen LogP contribution is -2.56. The lowest BCUT2D eigenvalue weighted by Gasteiger charge is -2.44. The first-order chi connectivity index (χ1) is 14.4. The number of carboxylic acids is 1. The lowest BCUT2D eigenvalue weighted by molar-refractivity contribution is -0.131. The van der Waals surface area contributed by atoms with Crippen LogP contribution in [0.2, 0.25) is 5.02 Å². The fourth-order valence-electron chi connectivity index (χ4n) is 4.02. The molecule has 0 unspecified atom stereocenters. The zero-order valence-corrected chi connectivity index (χ0v) is 18.5. The van der Waals surface area contributed by atoms with Gasteiger partial charge in [-0.3, -0.25) is 4.90 Å². The largest absolute Gasteiger partial charge is 0.478 e. The molecule has 1 aliphatic rings. The van der Waals surface area contributed by atoms with E-state index in [9.17, 15) is 4.79 Å². The van der Waals surface area contributed by atoms with Crippen molar-refractivity contribution < 1.29 is 9.90 Å². The molecule has 0 spiro atoms. The molecule has 1 aliphatic heterocycles. The van der Waals surface area contributed by atoms with Gasteiger partial charge in [0.2, 0.25) is 0 Å². The number of rotatable bonds is 5. The normalized spacial score (nSPS) is 20.3. The molecule has 1 saturated heterocycles. The number of piperazine rings is 1. The van der Waals surface area contributed by atoms with E-state index in [0.29, 0.717) is 17.1 Å². The van der Waals surface area contributed by atoms with Crippen molar-refractivity contribution in [1.29, 1.82) is 0 Å². The number of aliphatic carboxylic acids is 1. The summed E-state index contributed by atoms with van der Waals surface area (Å²) in [5.74, 6) is -0.934. The molecular formula is C23H24ClN3O2S. The Kier molecular flexibility index (Phi) is 6.09. The van der Waals surface area contributed by atoms with Crippen molar-refractivity contribution in [3.8, 4) is 0 Å². The molecule has 0 bridgehead atoms. The van der Waals surface area contributed by atoms with Crippen LogP contribution < -0.4 is 4.90 Å². The summed E-state index contributed by atoms with van der Waals surface area (Å²) in [7, 11) is 0. The fraction of sp³-hybridized carbons (Fsp3) is 0.304. The molecule has 0 saturated carbocycles. The van der Waals surface area contributed by atoms with Gasteiger partial charge in [-0.2, -0.15) is 0 Å². The molecule has 0 amide bonds. The third kappa shape index (κ3) is 4.67. The summed E-state index contributed by atoms with van der Waals surface area (Å²) in [4.78, 5) is 20.5. The maximum atomic E-state index is 10.8. The number of nitrogens with zero attached hydrogens (tertiary/aromatic N) is 3. The summed E-state index contributed by atoms with van der Waals surface area (Å²) < 4.78 is 1.16. The zero-order chi connectivity index (χ0) is 21.3. The first-order valence-electron chi connectivity index (χ1n) is 9.96. The number of halogens is 1. The lowest BCUT2D eigenvalue weighted by atomic mass is 10.0. The van der Waals surface area contributed by atoms with Gasteiger partial charge in [0.05, 0.1) is 10.2 Å². The topological polar surface area (TPSA) is 56.7 Å². The smallest absolute Gasteiger partial charge is 0.328 e. The van der Waals surface area contributed by atoms with Gasteiger partial charge in [0.15, 0.2) is 5.13 Å². The molecule has 1 fully saturated rings. The van der Waals surface area contributed by atoms with E-state index in [0.717, 1.165) is 40.5 Å². The molecule has 0 aliphatic carbocycles. The number of hydrogen-bond acceptors (Lipinski definition) is 5. The van der Waals surface area contributed by atoms with Crippen molar-refractivity contribution in [3.05, 3.63) is 64.7 Å². The quantitative estimate of drug-likeness (QED) is 0.555. The molecule has 1 aromatic heterocycles. The number of anilines is 1. The summed E-state index contributed by atoms with van der Waals surface area (Å²) in [6.07, 6.45) is 2.81. The summed E-state index contributed by atoms with van der Waals surface area (Å²) in [6.45, 7) is 7.16. The highest BCUT2D eigenvalue weighted by Gasteiger charge is 2.30. The molecule has 2 aromatic carbocycles. The van der Waals surface area contributed by atoms with Gasteiger partial charge in [0.1, 0.15) is 0 Å². The Bertz CT molecular complexity index is 1080. The number of benzene rings is 2. The van der Waals surface area contributed by atoms with Gasteiger partial charge in [-0.1, -0.05) is 47.2 Å². The molecule has 1 N–H and O–H groups in total. The number of aromatic nitrogens is 1. The Morgan fingerprint density at radius 3 is 2.73 bits per heavy atom. The summed E-state index contributed by atoms with van der Waals surface area (Å²) >= 11 is 7.83. The van der Waals surface area contributed by atoms with Gasteiger partial charge in [0, 0.05) is 42.8 Å². The number of hydrogen-bond donors (Lipinski definition) is 1. The molecule has 4 rings (SSSR count). The first kappa shape index (κ1) is 20.8. The van der Waals surface area contributed by atoms with Crippen LogP contribution in [0.1, 0.15) is 25.0 Å². The highest BCUT2D eigenvalue weighted by Crippen LogP contribution is 2.32. The maximum Gasteiger partial charge on any atom is 0.328 e. The zero-order valence-electron chi connectivity index (χ0n) is 17.0. The van der Waals surface area contributed by atoms with Crippen molar-refractivity contribution in [2.45, 2.75) is 32.5 Å². The van der Waals surface area contributed by atoms with Gasteiger partial charge in [-0.15, -0.1) is 0 Å². The second-order valence-corrected chi connectivity index (χ2v) is 9.25. The molecule has 3 aromatic rings. The van der Waals surface area contributed by atoms with Gasteiger partial charge in [-0.25, -0.2) is 9.78 Å². The van der Waals surface area contributed by atoms with Crippen LogP contribution in [0.3, 0.4) is 0 Å². The number of fused-ring (bicyclic) bond motifs is 1. The van der Waals surface area contributed by atoms with E-state index in [1.54, 1.807) is 17.4 Å². The predicted molar refractivity (Wildman–Crippen MR) is 124 cm³/mol. The van der Waals surface area contributed by atoms with E-state index in [1.807, 2.05) is 30.3 Å². The van der Waals surface area contributed by atoms with Gasteiger partial charge in [0.25, 0.3) is 0 Å². The summed E-state index contributed by atoms with van der Waals surface area (Å²) in [5.41, 5.74) is 3.04. The van der Waals surface area contributed by atoms with E-state index >= 15 is 0 Å². The molecule has 2 heterocycles. The highest BCUT2D eigenvalue weighted by atomic mass is 35.5. The minimum atomic E-state index is -0.934. The number of carbonyl (C=O) groups is 1. The van der Waals surface area contributed by atoms with Gasteiger partial charge >= 0.3 is 5.97 Å². The Morgan fingerprint density at radius 1 is 1.23 bits per heavy atom. The summed E-state index contributed by atoms with van der Waals surface area (Å²) in [6, 6.07) is 14.7. The van der Waals surface area contributed by atoms with E-state index in [2.05, 4.69) is 35.8 Å². The van der Waals surface area contributed by atoms with Crippen molar-refractivity contribution in [2.24, 2.45) is 0 Å². The van der Waals surface area contributed by atoms with Crippen LogP contribution in [0.4, 0.5) is 5.13 Å². The monoisotopic (exact) mass is 441 g/mol. The predicted octanol–water partition coefficient (Wildman–Crippen LogP) is 5.15. The average Bonchev–Trinajstić information content (AvgIpc) is 3.12. The van der Waals surface area contributed by atoms with Crippen molar-refractivity contribution in [1.82, 2.24) is 9.88 Å². The van der Waals surface area contributed by atoms with Gasteiger partial charge in [-0.05, 0) is 49.2 Å². The summed E-state index contributed by atoms with van der Waals surface area (Å²) in [5, 5.41) is 10.6. The molecule has 156 valence electrons. The molecule has 5 nitrogen and oxygen atoms in total. The Morgan fingerprint density at radius 2 is 2.00 bits per heavy atom. The number of carboxylic acid groups (broad SMARTS) is 1. The molecule has 7 heteroatoms. The van der Waals surface area contributed by atoms with Crippen LogP contribution in [-0.4, -0.2) is 46.1 Å². The minimum absolute atomic E-state index is 0.363. The van der Waals surface area contributed by atoms with Crippen molar-refractivity contribution >= 4 is 50.3 Å². The first-order valence-corrected chi connectivity index (χ1v) is 11.2. The Labute approximate surface area is 185 Å².